The molecular weight excluding hydrogens is 282 g/mol. The van der Waals surface area contributed by atoms with Crippen molar-refractivity contribution in [1.29, 1.82) is 0 Å². The Morgan fingerprint density at radius 1 is 1.52 bits per heavy atom. The molecule has 1 fully saturated rings. The molecule has 0 aromatic carbocycles. The van der Waals surface area contributed by atoms with Gasteiger partial charge in [0, 0.05) is 42.7 Å². The van der Waals surface area contributed by atoms with Crippen molar-refractivity contribution in [2.45, 2.75) is 38.0 Å². The van der Waals surface area contributed by atoms with Crippen molar-refractivity contribution in [3.63, 3.8) is 0 Å². The molecule has 1 aliphatic heterocycles. The van der Waals surface area contributed by atoms with Gasteiger partial charge < -0.3 is 9.88 Å². The number of nitrogens with zero attached hydrogens (tertiary/aromatic N) is 2. The highest BCUT2D eigenvalue weighted by Gasteiger charge is 2.25. The Balaban J connectivity index is 1.48. The Labute approximate surface area is 129 Å². The van der Waals surface area contributed by atoms with Gasteiger partial charge in [-0.3, -0.25) is 4.79 Å². The molecule has 1 aliphatic rings. The van der Waals surface area contributed by atoms with Crippen molar-refractivity contribution in [2.75, 3.05) is 13.1 Å². The quantitative estimate of drug-likeness (QED) is 0.922. The molecule has 0 spiro atoms. The molecule has 0 aliphatic carbocycles. The summed E-state index contributed by atoms with van der Waals surface area (Å²) in [6.07, 6.45) is 8.45. The van der Waals surface area contributed by atoms with Crippen LogP contribution >= 0.6 is 11.3 Å². The normalized spacial score (nSPS) is 18.9. The lowest BCUT2D eigenvalue weighted by molar-refractivity contribution is -0.132. The van der Waals surface area contributed by atoms with Crippen molar-refractivity contribution in [1.82, 2.24) is 14.9 Å². The average Bonchev–Trinajstić information content (AvgIpc) is 3.21. The van der Waals surface area contributed by atoms with Crippen molar-refractivity contribution in [2.24, 2.45) is 0 Å². The number of amides is 1. The lowest BCUT2D eigenvalue weighted by atomic mass is 9.97. The largest absolute Gasteiger partial charge is 0.348 e. The Morgan fingerprint density at radius 3 is 3.24 bits per heavy atom. The summed E-state index contributed by atoms with van der Waals surface area (Å²) in [5.74, 6) is 1.68. The van der Waals surface area contributed by atoms with Gasteiger partial charge in [-0.2, -0.15) is 0 Å². The van der Waals surface area contributed by atoms with Crippen LogP contribution in [0.4, 0.5) is 0 Å². The first kappa shape index (κ1) is 14.3. The summed E-state index contributed by atoms with van der Waals surface area (Å²) in [6, 6.07) is 4.21. The van der Waals surface area contributed by atoms with E-state index in [4.69, 9.17) is 0 Å². The van der Waals surface area contributed by atoms with Crippen LogP contribution in [0, 0.1) is 0 Å². The third-order valence-corrected chi connectivity index (χ3v) is 5.01. The van der Waals surface area contributed by atoms with E-state index in [0.717, 1.165) is 44.6 Å². The van der Waals surface area contributed by atoms with Gasteiger partial charge in [0.05, 0.1) is 0 Å². The Morgan fingerprint density at radius 2 is 2.48 bits per heavy atom. The van der Waals surface area contributed by atoms with Crippen LogP contribution in [0.3, 0.4) is 0 Å². The SMILES string of the molecule is O=C(CCCc1cccs1)N1CCC[C@@H](c2ncc[nH]2)C1. The molecule has 1 atom stereocenters. The average molecular weight is 303 g/mol. The summed E-state index contributed by atoms with van der Waals surface area (Å²) in [5, 5.41) is 2.09. The van der Waals surface area contributed by atoms with E-state index in [2.05, 4.69) is 27.5 Å². The van der Waals surface area contributed by atoms with E-state index < -0.39 is 0 Å². The number of nitrogens with one attached hydrogen (secondary N) is 1. The predicted molar refractivity (Wildman–Crippen MR) is 84.4 cm³/mol. The standard InChI is InChI=1S/C16H21N3OS/c20-15(7-1-5-14-6-3-11-21-14)19-10-2-4-13(12-19)16-17-8-9-18-16/h3,6,8-9,11,13H,1-2,4-5,7,10,12H2,(H,17,18)/t13-/m1/s1. The molecule has 1 amide bonds. The van der Waals surface area contributed by atoms with Crippen LogP contribution < -0.4 is 0 Å². The third kappa shape index (κ3) is 3.73. The Hall–Kier alpha value is -1.62. The molecule has 3 heterocycles. The molecule has 0 saturated carbocycles. The van der Waals surface area contributed by atoms with Crippen LogP contribution in [0.2, 0.25) is 0 Å². The zero-order valence-electron chi connectivity index (χ0n) is 12.1. The van der Waals surface area contributed by atoms with Gasteiger partial charge in [-0.05, 0) is 37.1 Å². The zero-order valence-corrected chi connectivity index (χ0v) is 12.9. The summed E-state index contributed by atoms with van der Waals surface area (Å²) in [6.45, 7) is 1.71. The lowest BCUT2D eigenvalue weighted by Crippen LogP contribution is -2.39. The molecule has 112 valence electrons. The van der Waals surface area contributed by atoms with Crippen molar-refractivity contribution < 1.29 is 4.79 Å². The fourth-order valence-corrected chi connectivity index (χ4v) is 3.71. The highest BCUT2D eigenvalue weighted by atomic mass is 32.1. The summed E-state index contributed by atoms with van der Waals surface area (Å²) in [4.78, 5) is 23.2. The second-order valence-electron chi connectivity index (χ2n) is 5.59. The molecule has 2 aromatic rings. The van der Waals surface area contributed by atoms with Crippen LogP contribution in [0.15, 0.2) is 29.9 Å². The molecule has 1 N–H and O–H groups in total. The maximum absolute atomic E-state index is 12.3. The number of thiophene rings is 1. The second kappa shape index (κ2) is 6.89. The summed E-state index contributed by atoms with van der Waals surface area (Å²) in [7, 11) is 0. The molecule has 2 aromatic heterocycles. The minimum absolute atomic E-state index is 0.294. The van der Waals surface area contributed by atoms with E-state index in [0.29, 0.717) is 18.2 Å². The topological polar surface area (TPSA) is 49.0 Å². The number of carbonyl (C=O) groups excluding carboxylic acids is 1. The van der Waals surface area contributed by atoms with Crippen LogP contribution in [-0.2, 0) is 11.2 Å². The number of piperidine rings is 1. The van der Waals surface area contributed by atoms with Crippen molar-refractivity contribution >= 4 is 17.2 Å². The first-order valence-electron chi connectivity index (χ1n) is 7.62. The number of likely N-dealkylation sites (tertiary alicyclic amines) is 1. The van der Waals surface area contributed by atoms with Gasteiger partial charge in [0.25, 0.3) is 0 Å². The number of H-pyrrole nitrogens is 1. The highest BCUT2D eigenvalue weighted by molar-refractivity contribution is 7.09. The Bertz CT molecular complexity index is 550. The van der Waals surface area contributed by atoms with Gasteiger partial charge in [0.1, 0.15) is 5.82 Å². The fourth-order valence-electron chi connectivity index (χ4n) is 2.95. The van der Waals surface area contributed by atoms with Gasteiger partial charge in [-0.15, -0.1) is 11.3 Å². The highest BCUT2D eigenvalue weighted by Crippen LogP contribution is 2.25. The predicted octanol–water partition coefficient (Wildman–Crippen LogP) is 3.20. The van der Waals surface area contributed by atoms with Crippen LogP contribution in [0.5, 0.6) is 0 Å². The number of hydrogen-bond donors (Lipinski definition) is 1. The summed E-state index contributed by atoms with van der Waals surface area (Å²) in [5.41, 5.74) is 0. The summed E-state index contributed by atoms with van der Waals surface area (Å²) >= 11 is 1.77. The molecule has 3 rings (SSSR count). The number of hydrogen-bond acceptors (Lipinski definition) is 3. The number of aryl methyl sites for hydroxylation is 1. The van der Waals surface area contributed by atoms with Crippen molar-refractivity contribution in [3.05, 3.63) is 40.6 Å². The molecule has 0 radical (unpaired) electrons. The minimum atomic E-state index is 0.294. The van der Waals surface area contributed by atoms with E-state index in [-0.39, 0.29) is 0 Å². The monoisotopic (exact) mass is 303 g/mol. The zero-order chi connectivity index (χ0) is 14.5. The van der Waals surface area contributed by atoms with E-state index >= 15 is 0 Å². The van der Waals surface area contributed by atoms with Crippen LogP contribution in [0.25, 0.3) is 0 Å². The molecular formula is C16H21N3OS. The molecule has 0 bridgehead atoms. The second-order valence-corrected chi connectivity index (χ2v) is 6.62. The lowest BCUT2D eigenvalue weighted by Gasteiger charge is -2.32. The molecule has 4 nitrogen and oxygen atoms in total. The van der Waals surface area contributed by atoms with E-state index in [1.807, 2.05) is 11.1 Å². The van der Waals surface area contributed by atoms with Gasteiger partial charge in [-0.25, -0.2) is 4.98 Å². The van der Waals surface area contributed by atoms with Gasteiger partial charge >= 0.3 is 0 Å². The maximum atomic E-state index is 12.3. The van der Waals surface area contributed by atoms with Crippen LogP contribution in [0.1, 0.15) is 42.3 Å². The number of aromatic nitrogens is 2. The summed E-state index contributed by atoms with van der Waals surface area (Å²) < 4.78 is 0. The first-order valence-corrected chi connectivity index (χ1v) is 8.50. The van der Waals surface area contributed by atoms with E-state index in [1.54, 1.807) is 17.5 Å². The third-order valence-electron chi connectivity index (χ3n) is 4.07. The van der Waals surface area contributed by atoms with Crippen molar-refractivity contribution in [3.8, 4) is 0 Å². The van der Waals surface area contributed by atoms with Crippen LogP contribution in [-0.4, -0.2) is 33.9 Å². The number of imidazole rings is 1. The van der Waals surface area contributed by atoms with Gasteiger partial charge in [0.2, 0.25) is 5.91 Å². The fraction of sp³-hybridized carbons (Fsp3) is 0.500. The smallest absolute Gasteiger partial charge is 0.222 e. The molecule has 21 heavy (non-hydrogen) atoms. The molecule has 0 unspecified atom stereocenters. The number of rotatable bonds is 5. The number of aromatic amines is 1. The molecule has 5 heteroatoms. The van der Waals surface area contributed by atoms with E-state index in [9.17, 15) is 4.79 Å². The van der Waals surface area contributed by atoms with E-state index in [1.165, 1.54) is 4.88 Å². The minimum Gasteiger partial charge on any atom is -0.348 e. The van der Waals surface area contributed by atoms with Gasteiger partial charge in [-0.1, -0.05) is 6.07 Å². The first-order chi connectivity index (χ1) is 10.3. The maximum Gasteiger partial charge on any atom is 0.222 e. The number of carbonyl (C=O) groups is 1. The van der Waals surface area contributed by atoms with Gasteiger partial charge in [0.15, 0.2) is 0 Å². The Kier molecular flexibility index (Phi) is 4.70. The molecule has 1 saturated heterocycles.